The molecule has 1 fully saturated rings. The average Bonchev–Trinajstić information content (AvgIpc) is 3.21. The molecule has 1 aromatic carbocycles. The molecule has 0 unspecified atom stereocenters. The zero-order valence-electron chi connectivity index (χ0n) is 15.5. The van der Waals surface area contributed by atoms with Gasteiger partial charge in [0, 0.05) is 18.0 Å². The van der Waals surface area contributed by atoms with Crippen LogP contribution in [0.4, 0.5) is 0 Å². The number of nitrogens with zero attached hydrogens (tertiary/aromatic N) is 2. The number of nitrogens with one attached hydrogen (secondary N) is 1. The van der Waals surface area contributed by atoms with Crippen LogP contribution in [-0.4, -0.2) is 29.0 Å². The lowest BCUT2D eigenvalue weighted by molar-refractivity contribution is 0.157. The van der Waals surface area contributed by atoms with Crippen LogP contribution in [0.5, 0.6) is 5.88 Å². The molecule has 4 rings (SSSR count). The zero-order chi connectivity index (χ0) is 17.8. The molecule has 1 N–H and O–H groups in total. The van der Waals surface area contributed by atoms with Gasteiger partial charge in [-0.1, -0.05) is 43.7 Å². The minimum absolute atomic E-state index is 0.277. The Morgan fingerprint density at radius 1 is 1.16 bits per heavy atom. The molecule has 25 heavy (non-hydrogen) atoms. The molecule has 1 aliphatic heterocycles. The molecule has 0 bridgehead atoms. The molecule has 4 nitrogen and oxygen atoms in total. The molecule has 0 atom stereocenters. The second-order valence-electron chi connectivity index (χ2n) is 6.19. The standard InChI is InChI=1S/C18H21N3OS.C2H6/c1-12-3-5-13(6-4-12)15-11-23-17-16(15)21(2)20-18(17)22-14-7-9-19-10-8-14;1-2/h3-6,11,14,19H,7-10H2,1-2H3;1-2H3. The Morgan fingerprint density at radius 3 is 2.52 bits per heavy atom. The normalized spacial score (nSPS) is 15.0. The van der Waals surface area contributed by atoms with Gasteiger partial charge in [0.1, 0.15) is 10.8 Å². The molecule has 134 valence electrons. The number of ether oxygens (including phenoxy) is 1. The summed E-state index contributed by atoms with van der Waals surface area (Å²) >= 11 is 1.73. The van der Waals surface area contributed by atoms with Crippen molar-refractivity contribution in [3.8, 4) is 17.0 Å². The minimum atomic E-state index is 0.277. The van der Waals surface area contributed by atoms with Crippen LogP contribution in [0.1, 0.15) is 32.3 Å². The molecule has 0 amide bonds. The van der Waals surface area contributed by atoms with Gasteiger partial charge in [0.15, 0.2) is 0 Å². The predicted octanol–water partition coefficient (Wildman–Crippen LogP) is 4.77. The van der Waals surface area contributed by atoms with Crippen molar-refractivity contribution < 1.29 is 4.74 Å². The fourth-order valence-electron chi connectivity index (χ4n) is 3.14. The maximum absolute atomic E-state index is 6.20. The van der Waals surface area contributed by atoms with E-state index in [1.54, 1.807) is 11.3 Å². The Bertz CT molecular complexity index is 813. The summed E-state index contributed by atoms with van der Waals surface area (Å²) in [4.78, 5) is 0. The molecule has 5 heteroatoms. The van der Waals surface area contributed by atoms with Gasteiger partial charge in [-0.15, -0.1) is 16.4 Å². The van der Waals surface area contributed by atoms with Gasteiger partial charge < -0.3 is 10.1 Å². The lowest BCUT2D eigenvalue weighted by Crippen LogP contribution is -2.34. The van der Waals surface area contributed by atoms with E-state index in [9.17, 15) is 0 Å². The van der Waals surface area contributed by atoms with Gasteiger partial charge in [0.05, 0.1) is 5.52 Å². The monoisotopic (exact) mass is 357 g/mol. The number of thiophene rings is 1. The van der Waals surface area contributed by atoms with E-state index in [1.807, 2.05) is 25.6 Å². The molecule has 0 saturated carbocycles. The summed E-state index contributed by atoms with van der Waals surface area (Å²) in [7, 11) is 2.00. The first-order chi connectivity index (χ1) is 12.2. The lowest BCUT2D eigenvalue weighted by Gasteiger charge is -2.22. The third-order valence-corrected chi connectivity index (χ3v) is 5.41. The van der Waals surface area contributed by atoms with Crippen LogP contribution in [0.25, 0.3) is 21.3 Å². The van der Waals surface area contributed by atoms with E-state index in [0.29, 0.717) is 0 Å². The third-order valence-electron chi connectivity index (χ3n) is 4.45. The molecular formula is C20H27N3OS. The van der Waals surface area contributed by atoms with Crippen molar-refractivity contribution in [3.05, 3.63) is 35.2 Å². The number of hydrogen-bond donors (Lipinski definition) is 1. The molecule has 3 aromatic rings. The quantitative estimate of drug-likeness (QED) is 0.734. The molecule has 0 aliphatic carbocycles. The van der Waals surface area contributed by atoms with Gasteiger partial charge in [-0.2, -0.15) is 0 Å². The van der Waals surface area contributed by atoms with Crippen molar-refractivity contribution in [2.45, 2.75) is 39.7 Å². The van der Waals surface area contributed by atoms with E-state index < -0.39 is 0 Å². The largest absolute Gasteiger partial charge is 0.472 e. The van der Waals surface area contributed by atoms with E-state index in [0.717, 1.165) is 36.5 Å². The van der Waals surface area contributed by atoms with E-state index in [1.165, 1.54) is 22.2 Å². The van der Waals surface area contributed by atoms with Crippen LogP contribution < -0.4 is 10.1 Å². The van der Waals surface area contributed by atoms with Crippen molar-refractivity contribution in [1.29, 1.82) is 0 Å². The summed E-state index contributed by atoms with van der Waals surface area (Å²) in [6.07, 6.45) is 2.38. The van der Waals surface area contributed by atoms with Crippen molar-refractivity contribution in [2.75, 3.05) is 13.1 Å². The Morgan fingerprint density at radius 2 is 1.84 bits per heavy atom. The Hall–Kier alpha value is -1.85. The third kappa shape index (κ3) is 3.72. The second-order valence-corrected chi connectivity index (χ2v) is 7.07. The van der Waals surface area contributed by atoms with E-state index >= 15 is 0 Å². The average molecular weight is 358 g/mol. The second kappa shape index (κ2) is 8.02. The van der Waals surface area contributed by atoms with Crippen LogP contribution >= 0.6 is 11.3 Å². The van der Waals surface area contributed by atoms with E-state index in [4.69, 9.17) is 4.74 Å². The maximum Gasteiger partial charge on any atom is 0.251 e. The molecule has 1 aliphatic rings. The summed E-state index contributed by atoms with van der Waals surface area (Å²) in [5.41, 5.74) is 4.92. The highest BCUT2D eigenvalue weighted by Gasteiger charge is 2.21. The highest BCUT2D eigenvalue weighted by Crippen LogP contribution is 2.39. The Labute approximate surface area is 153 Å². The van der Waals surface area contributed by atoms with Crippen LogP contribution in [0.3, 0.4) is 0 Å². The van der Waals surface area contributed by atoms with Crippen LogP contribution in [-0.2, 0) is 7.05 Å². The molecular weight excluding hydrogens is 330 g/mol. The highest BCUT2D eigenvalue weighted by molar-refractivity contribution is 7.18. The maximum atomic E-state index is 6.20. The van der Waals surface area contributed by atoms with Crippen LogP contribution in [0.15, 0.2) is 29.6 Å². The SMILES string of the molecule is CC.Cc1ccc(-c2csc3c(OC4CCNCC4)nn(C)c23)cc1. The molecule has 0 radical (unpaired) electrons. The number of aryl methyl sites for hydroxylation is 2. The summed E-state index contributed by atoms with van der Waals surface area (Å²) < 4.78 is 9.31. The Balaban J connectivity index is 0.000000880. The van der Waals surface area contributed by atoms with Crippen molar-refractivity contribution in [2.24, 2.45) is 7.05 Å². The first-order valence-electron chi connectivity index (χ1n) is 9.11. The summed E-state index contributed by atoms with van der Waals surface area (Å²) in [5.74, 6) is 0.790. The highest BCUT2D eigenvalue weighted by atomic mass is 32.1. The number of fused-ring (bicyclic) bond motifs is 1. The minimum Gasteiger partial charge on any atom is -0.472 e. The van der Waals surface area contributed by atoms with Gasteiger partial charge in [-0.05, 0) is 38.4 Å². The van der Waals surface area contributed by atoms with Gasteiger partial charge in [-0.3, -0.25) is 4.68 Å². The molecule has 1 saturated heterocycles. The van der Waals surface area contributed by atoms with Crippen molar-refractivity contribution >= 4 is 21.6 Å². The van der Waals surface area contributed by atoms with E-state index in [-0.39, 0.29) is 6.10 Å². The summed E-state index contributed by atoms with van der Waals surface area (Å²) in [5, 5.41) is 10.2. The number of rotatable bonds is 3. The van der Waals surface area contributed by atoms with Crippen molar-refractivity contribution in [3.63, 3.8) is 0 Å². The predicted molar refractivity (Wildman–Crippen MR) is 107 cm³/mol. The number of benzene rings is 1. The fourth-order valence-corrected chi connectivity index (χ4v) is 4.17. The fraction of sp³-hybridized carbons (Fsp3) is 0.450. The van der Waals surface area contributed by atoms with Gasteiger partial charge in [0.2, 0.25) is 0 Å². The number of piperidine rings is 1. The number of aromatic nitrogens is 2. The smallest absolute Gasteiger partial charge is 0.251 e. The summed E-state index contributed by atoms with van der Waals surface area (Å²) in [6.45, 7) is 8.17. The topological polar surface area (TPSA) is 39.1 Å². The van der Waals surface area contributed by atoms with E-state index in [2.05, 4.69) is 47.0 Å². The summed E-state index contributed by atoms with van der Waals surface area (Å²) in [6, 6.07) is 8.66. The van der Waals surface area contributed by atoms with Gasteiger partial charge in [-0.25, -0.2) is 0 Å². The Kier molecular flexibility index (Phi) is 5.76. The van der Waals surface area contributed by atoms with Crippen LogP contribution in [0.2, 0.25) is 0 Å². The van der Waals surface area contributed by atoms with Crippen molar-refractivity contribution in [1.82, 2.24) is 15.1 Å². The lowest BCUT2D eigenvalue weighted by atomic mass is 10.1. The first-order valence-corrected chi connectivity index (χ1v) is 9.99. The molecule has 2 aromatic heterocycles. The molecule has 0 spiro atoms. The number of hydrogen-bond acceptors (Lipinski definition) is 4. The first kappa shape index (κ1) is 18.0. The van der Waals surface area contributed by atoms with Crippen LogP contribution in [0, 0.1) is 6.92 Å². The van der Waals surface area contributed by atoms with Gasteiger partial charge >= 0.3 is 0 Å². The molecule has 3 heterocycles. The zero-order valence-corrected chi connectivity index (χ0v) is 16.3. The van der Waals surface area contributed by atoms with Gasteiger partial charge in [0.25, 0.3) is 5.88 Å².